The molecule has 0 aliphatic carbocycles. The number of phenols is 1. The van der Waals surface area contributed by atoms with E-state index in [2.05, 4.69) is 0 Å². The molecule has 0 amide bonds. The van der Waals surface area contributed by atoms with Crippen molar-refractivity contribution in [3.05, 3.63) is 68.5 Å². The molecule has 1 heterocycles. The molecule has 7 heteroatoms. The van der Waals surface area contributed by atoms with E-state index in [1.54, 1.807) is 13.0 Å². The molecule has 27 heavy (non-hydrogen) atoms. The van der Waals surface area contributed by atoms with Crippen LogP contribution < -0.4 is 10.4 Å². The van der Waals surface area contributed by atoms with Gasteiger partial charge < -0.3 is 19.4 Å². The van der Waals surface area contributed by atoms with Gasteiger partial charge in [-0.1, -0.05) is 23.7 Å². The van der Waals surface area contributed by atoms with Crippen LogP contribution in [0.5, 0.6) is 17.2 Å². The molecule has 0 unspecified atom stereocenters. The number of methoxy groups -OCH3 is 1. The molecule has 138 valence electrons. The van der Waals surface area contributed by atoms with Gasteiger partial charge in [0, 0.05) is 5.02 Å². The third-order valence-electron chi connectivity index (χ3n) is 4.04. The Labute approximate surface area is 158 Å². The highest BCUT2D eigenvalue weighted by atomic mass is 35.5. The Balaban J connectivity index is 2.03. The van der Waals surface area contributed by atoms with Gasteiger partial charge in [-0.05, 0) is 48.4 Å². The maximum absolute atomic E-state index is 12.5. The summed E-state index contributed by atoms with van der Waals surface area (Å²) in [5.74, 6) is -1.02. The van der Waals surface area contributed by atoms with Gasteiger partial charge in [0.25, 0.3) is 0 Å². The number of fused-ring (bicyclic) bond motifs is 1. The van der Waals surface area contributed by atoms with Crippen molar-refractivity contribution < 1.29 is 24.2 Å². The van der Waals surface area contributed by atoms with Crippen LogP contribution in [-0.4, -0.2) is 23.1 Å². The summed E-state index contributed by atoms with van der Waals surface area (Å²) in [5.41, 5.74) is -0.0550. The van der Waals surface area contributed by atoms with E-state index in [4.69, 9.17) is 20.8 Å². The van der Waals surface area contributed by atoms with Crippen molar-refractivity contribution >= 4 is 34.4 Å². The monoisotopic (exact) mass is 386 g/mol. The molecule has 3 rings (SSSR count). The SMILES string of the molecule is COc1cc(/C=C/C(=O)c2c(O)c3cc(Cl)c(C)cc3oc2=O)ccc1O. The number of carbonyl (C=O) groups is 1. The Kier molecular flexibility index (Phi) is 4.92. The van der Waals surface area contributed by atoms with E-state index >= 15 is 0 Å². The standard InChI is InChI=1S/C20H15ClO6/c1-10-7-16-12(9-13(10)21)19(24)18(20(25)27-16)15(23)6-4-11-3-5-14(22)17(8-11)26-2/h3-9,22,24H,1-2H3/b6-4+. The number of rotatable bonds is 4. The quantitative estimate of drug-likeness (QED) is 0.398. The lowest BCUT2D eigenvalue weighted by Gasteiger charge is -2.06. The molecule has 2 aromatic carbocycles. The molecule has 3 aromatic rings. The van der Waals surface area contributed by atoms with Gasteiger partial charge in [-0.15, -0.1) is 0 Å². The Hall–Kier alpha value is -3.25. The average molecular weight is 387 g/mol. The highest BCUT2D eigenvalue weighted by Crippen LogP contribution is 2.31. The predicted octanol–water partition coefficient (Wildman–Crippen LogP) is 4.07. The van der Waals surface area contributed by atoms with Crippen LogP contribution in [0.15, 0.2) is 45.6 Å². The predicted molar refractivity (Wildman–Crippen MR) is 102 cm³/mol. The van der Waals surface area contributed by atoms with Crippen molar-refractivity contribution in [2.75, 3.05) is 7.11 Å². The summed E-state index contributed by atoms with van der Waals surface area (Å²) >= 11 is 6.05. The lowest BCUT2D eigenvalue weighted by molar-refractivity contribution is 0.104. The molecule has 0 bridgehead atoms. The van der Waals surface area contributed by atoms with E-state index < -0.39 is 22.7 Å². The third kappa shape index (κ3) is 3.52. The molecule has 0 radical (unpaired) electrons. The number of phenolic OH excluding ortho intramolecular Hbond substituents is 1. The number of allylic oxidation sites excluding steroid dienone is 1. The molecule has 1 aromatic heterocycles. The highest BCUT2D eigenvalue weighted by Gasteiger charge is 2.20. The number of ether oxygens (including phenoxy) is 1. The lowest BCUT2D eigenvalue weighted by Crippen LogP contribution is -2.12. The molecule has 0 saturated carbocycles. The minimum Gasteiger partial charge on any atom is -0.506 e. The minimum atomic E-state index is -0.945. The van der Waals surface area contributed by atoms with E-state index in [9.17, 15) is 19.8 Å². The average Bonchev–Trinajstić information content (AvgIpc) is 2.63. The molecular formula is C20H15ClO6. The second-order valence-electron chi connectivity index (χ2n) is 5.84. The summed E-state index contributed by atoms with van der Waals surface area (Å²) in [6.45, 7) is 1.73. The number of aromatic hydroxyl groups is 2. The van der Waals surface area contributed by atoms with Gasteiger partial charge in [-0.2, -0.15) is 0 Å². The van der Waals surface area contributed by atoms with E-state index in [0.29, 0.717) is 16.1 Å². The van der Waals surface area contributed by atoms with Crippen molar-refractivity contribution in [2.45, 2.75) is 6.92 Å². The first kappa shape index (κ1) is 18.5. The molecular weight excluding hydrogens is 372 g/mol. The number of ketones is 1. The maximum atomic E-state index is 12.5. The molecule has 0 atom stereocenters. The number of hydrogen-bond donors (Lipinski definition) is 2. The lowest BCUT2D eigenvalue weighted by atomic mass is 10.1. The zero-order chi connectivity index (χ0) is 19.7. The van der Waals surface area contributed by atoms with Gasteiger partial charge in [0.15, 0.2) is 17.3 Å². The van der Waals surface area contributed by atoms with E-state index in [0.717, 1.165) is 6.08 Å². The van der Waals surface area contributed by atoms with Crippen molar-refractivity contribution in [3.63, 3.8) is 0 Å². The first-order chi connectivity index (χ1) is 12.8. The second-order valence-corrected chi connectivity index (χ2v) is 6.25. The third-order valence-corrected chi connectivity index (χ3v) is 4.44. The van der Waals surface area contributed by atoms with E-state index in [-0.39, 0.29) is 22.5 Å². The number of hydrogen-bond acceptors (Lipinski definition) is 6. The fourth-order valence-corrected chi connectivity index (χ4v) is 2.74. The minimum absolute atomic E-state index is 0.0408. The summed E-state index contributed by atoms with van der Waals surface area (Å²) in [4.78, 5) is 24.6. The Bertz CT molecular complexity index is 1140. The number of halogens is 1. The highest BCUT2D eigenvalue weighted by molar-refractivity contribution is 6.32. The van der Waals surface area contributed by atoms with Crippen LogP contribution in [0.4, 0.5) is 0 Å². The fraction of sp³-hybridized carbons (Fsp3) is 0.100. The fourth-order valence-electron chi connectivity index (χ4n) is 2.58. The van der Waals surface area contributed by atoms with Crippen LogP contribution in [0.25, 0.3) is 17.0 Å². The van der Waals surface area contributed by atoms with E-state index in [1.165, 1.54) is 37.5 Å². The Morgan fingerprint density at radius 2 is 1.96 bits per heavy atom. The number of carbonyl (C=O) groups excluding carboxylic acids is 1. The number of benzene rings is 2. The molecule has 6 nitrogen and oxygen atoms in total. The summed E-state index contributed by atoms with van der Waals surface area (Å²) in [7, 11) is 1.40. The zero-order valence-corrected chi connectivity index (χ0v) is 15.2. The van der Waals surface area contributed by atoms with Crippen molar-refractivity contribution in [3.8, 4) is 17.2 Å². The summed E-state index contributed by atoms with van der Waals surface area (Å²) in [6, 6.07) is 7.45. The maximum Gasteiger partial charge on any atom is 0.351 e. The molecule has 0 saturated heterocycles. The summed E-state index contributed by atoms with van der Waals surface area (Å²) in [6.07, 6.45) is 2.55. The van der Waals surface area contributed by atoms with Crippen LogP contribution in [-0.2, 0) is 0 Å². The normalized spacial score (nSPS) is 11.2. The summed E-state index contributed by atoms with van der Waals surface area (Å²) in [5, 5.41) is 20.5. The Morgan fingerprint density at radius 1 is 1.22 bits per heavy atom. The molecule has 0 aliphatic heterocycles. The van der Waals surface area contributed by atoms with Crippen LogP contribution >= 0.6 is 11.6 Å². The first-order valence-electron chi connectivity index (χ1n) is 7.87. The topological polar surface area (TPSA) is 97.0 Å². The second kappa shape index (κ2) is 7.17. The van der Waals surface area contributed by atoms with Crippen LogP contribution in [0.1, 0.15) is 21.5 Å². The van der Waals surface area contributed by atoms with Crippen molar-refractivity contribution in [1.29, 1.82) is 0 Å². The van der Waals surface area contributed by atoms with Crippen LogP contribution in [0.2, 0.25) is 5.02 Å². The zero-order valence-electron chi connectivity index (χ0n) is 14.4. The largest absolute Gasteiger partial charge is 0.506 e. The van der Waals surface area contributed by atoms with Gasteiger partial charge >= 0.3 is 5.63 Å². The van der Waals surface area contributed by atoms with Gasteiger partial charge in [-0.3, -0.25) is 4.79 Å². The van der Waals surface area contributed by atoms with Gasteiger partial charge in [0.05, 0.1) is 12.5 Å². The Morgan fingerprint density at radius 3 is 2.67 bits per heavy atom. The number of aryl methyl sites for hydroxylation is 1. The van der Waals surface area contributed by atoms with Gasteiger partial charge in [-0.25, -0.2) is 4.79 Å². The van der Waals surface area contributed by atoms with E-state index in [1.807, 2.05) is 0 Å². The molecule has 0 aliphatic rings. The van der Waals surface area contributed by atoms with Gasteiger partial charge in [0.2, 0.25) is 0 Å². The molecule has 0 spiro atoms. The van der Waals surface area contributed by atoms with Crippen LogP contribution in [0.3, 0.4) is 0 Å². The first-order valence-corrected chi connectivity index (χ1v) is 8.25. The van der Waals surface area contributed by atoms with Gasteiger partial charge in [0.1, 0.15) is 16.9 Å². The van der Waals surface area contributed by atoms with Crippen LogP contribution in [0, 0.1) is 6.92 Å². The summed E-state index contributed by atoms with van der Waals surface area (Å²) < 4.78 is 10.2. The molecule has 0 fully saturated rings. The molecule has 2 N–H and O–H groups in total. The smallest absolute Gasteiger partial charge is 0.351 e. The van der Waals surface area contributed by atoms with Crippen molar-refractivity contribution in [1.82, 2.24) is 0 Å². The van der Waals surface area contributed by atoms with Crippen molar-refractivity contribution in [2.24, 2.45) is 0 Å².